The maximum Gasteiger partial charge on any atom is 0.313 e. The lowest BCUT2D eigenvalue weighted by Gasteiger charge is -2.14. The Morgan fingerprint density at radius 3 is 2.94 bits per heavy atom. The SMILES string of the molecule is CC(OC(=O)CC=O)c1cc(Cl)ccc1O. The predicted octanol–water partition coefficient (Wildman–Crippen LogP) is 2.24. The van der Waals surface area contributed by atoms with Gasteiger partial charge in [-0.3, -0.25) is 4.79 Å². The minimum atomic E-state index is -0.647. The third-order valence-corrected chi connectivity index (χ3v) is 2.22. The Kier molecular flexibility index (Phi) is 4.31. The van der Waals surface area contributed by atoms with Gasteiger partial charge in [0.05, 0.1) is 0 Å². The summed E-state index contributed by atoms with van der Waals surface area (Å²) in [5, 5.41) is 9.96. The normalized spacial score (nSPS) is 11.9. The van der Waals surface area contributed by atoms with Gasteiger partial charge in [0.25, 0.3) is 0 Å². The lowest BCUT2D eigenvalue weighted by Crippen LogP contribution is -2.09. The molecule has 1 N–H and O–H groups in total. The van der Waals surface area contributed by atoms with Crippen LogP contribution < -0.4 is 0 Å². The molecule has 0 saturated heterocycles. The van der Waals surface area contributed by atoms with Crippen molar-refractivity contribution in [2.75, 3.05) is 0 Å². The Hall–Kier alpha value is -1.55. The Bertz CT molecular complexity index is 403. The van der Waals surface area contributed by atoms with E-state index in [0.29, 0.717) is 16.9 Å². The number of hydrogen-bond acceptors (Lipinski definition) is 4. The summed E-state index contributed by atoms with van der Waals surface area (Å²) >= 11 is 5.75. The highest BCUT2D eigenvalue weighted by Crippen LogP contribution is 2.29. The molecule has 0 bridgehead atoms. The summed E-state index contributed by atoms with van der Waals surface area (Å²) in [6, 6.07) is 4.46. The van der Waals surface area contributed by atoms with Gasteiger partial charge in [-0.15, -0.1) is 0 Å². The van der Waals surface area contributed by atoms with Gasteiger partial charge in [0.1, 0.15) is 24.6 Å². The van der Waals surface area contributed by atoms with E-state index in [4.69, 9.17) is 16.3 Å². The molecule has 1 aromatic rings. The van der Waals surface area contributed by atoms with Crippen molar-refractivity contribution in [2.45, 2.75) is 19.4 Å². The second-order valence-electron chi connectivity index (χ2n) is 3.21. The number of phenolic OH excluding ortho intramolecular Hbond substituents is 1. The summed E-state index contributed by atoms with van der Waals surface area (Å²) < 4.78 is 4.92. The van der Waals surface area contributed by atoms with Crippen LogP contribution in [0.1, 0.15) is 25.0 Å². The van der Waals surface area contributed by atoms with Crippen LogP contribution in [0, 0.1) is 0 Å². The van der Waals surface area contributed by atoms with Crippen molar-refractivity contribution in [3.63, 3.8) is 0 Å². The van der Waals surface area contributed by atoms with E-state index in [1.807, 2.05) is 0 Å². The summed E-state index contributed by atoms with van der Waals surface area (Å²) in [4.78, 5) is 21.1. The van der Waals surface area contributed by atoms with Crippen molar-refractivity contribution in [1.29, 1.82) is 0 Å². The average Bonchev–Trinajstić information content (AvgIpc) is 2.21. The number of aldehydes is 1. The Labute approximate surface area is 97.8 Å². The first-order valence-electron chi connectivity index (χ1n) is 4.66. The second kappa shape index (κ2) is 5.51. The van der Waals surface area contributed by atoms with E-state index < -0.39 is 12.1 Å². The van der Waals surface area contributed by atoms with Gasteiger partial charge < -0.3 is 14.6 Å². The number of ether oxygens (including phenoxy) is 1. The largest absolute Gasteiger partial charge is 0.508 e. The van der Waals surface area contributed by atoms with Crippen molar-refractivity contribution >= 4 is 23.9 Å². The predicted molar refractivity (Wildman–Crippen MR) is 58.3 cm³/mol. The fourth-order valence-electron chi connectivity index (χ4n) is 1.23. The zero-order chi connectivity index (χ0) is 12.1. The molecule has 1 unspecified atom stereocenters. The van der Waals surface area contributed by atoms with E-state index in [0.717, 1.165) is 0 Å². The molecule has 0 aliphatic heterocycles. The summed E-state index contributed by atoms with van der Waals surface area (Å²) in [6.07, 6.45) is -0.482. The number of halogens is 1. The van der Waals surface area contributed by atoms with E-state index in [-0.39, 0.29) is 12.2 Å². The standard InChI is InChI=1S/C11H11ClO4/c1-7(16-11(15)4-5-13)9-6-8(12)2-3-10(9)14/h2-3,5-7,14H,4H2,1H3. The fraction of sp³-hybridized carbons (Fsp3) is 0.273. The molecule has 0 spiro atoms. The molecule has 0 saturated carbocycles. The molecule has 0 heterocycles. The second-order valence-corrected chi connectivity index (χ2v) is 3.64. The number of carbonyl (C=O) groups is 2. The van der Waals surface area contributed by atoms with Crippen LogP contribution in [0.25, 0.3) is 0 Å². The number of aromatic hydroxyl groups is 1. The minimum Gasteiger partial charge on any atom is -0.508 e. The van der Waals surface area contributed by atoms with Gasteiger partial charge in [-0.25, -0.2) is 0 Å². The number of rotatable bonds is 4. The molecule has 86 valence electrons. The van der Waals surface area contributed by atoms with Gasteiger partial charge in [0.2, 0.25) is 0 Å². The van der Waals surface area contributed by atoms with Gasteiger partial charge in [0.15, 0.2) is 0 Å². The molecule has 1 atom stereocenters. The third-order valence-electron chi connectivity index (χ3n) is 1.99. The molecule has 4 nitrogen and oxygen atoms in total. The van der Waals surface area contributed by atoms with Crippen LogP contribution in [0.4, 0.5) is 0 Å². The molecule has 0 aliphatic rings. The van der Waals surface area contributed by atoms with Crippen LogP contribution in [0.5, 0.6) is 5.75 Å². The molecule has 0 fully saturated rings. The lowest BCUT2D eigenvalue weighted by atomic mass is 10.1. The zero-order valence-electron chi connectivity index (χ0n) is 8.64. The molecule has 1 rings (SSSR count). The minimum absolute atomic E-state index is 0.00389. The molecular weight excluding hydrogens is 232 g/mol. The van der Waals surface area contributed by atoms with Crippen LogP contribution in [0.15, 0.2) is 18.2 Å². The van der Waals surface area contributed by atoms with Crippen LogP contribution >= 0.6 is 11.6 Å². The zero-order valence-corrected chi connectivity index (χ0v) is 9.40. The summed E-state index contributed by atoms with van der Waals surface area (Å²) in [5.74, 6) is -0.641. The van der Waals surface area contributed by atoms with Crippen LogP contribution in [-0.4, -0.2) is 17.4 Å². The van der Waals surface area contributed by atoms with Crippen LogP contribution in [0.2, 0.25) is 5.02 Å². The van der Waals surface area contributed by atoms with Crippen molar-refractivity contribution in [1.82, 2.24) is 0 Å². The monoisotopic (exact) mass is 242 g/mol. The first kappa shape index (κ1) is 12.5. The number of phenols is 1. The van der Waals surface area contributed by atoms with E-state index in [2.05, 4.69) is 0 Å². The maximum absolute atomic E-state index is 11.1. The van der Waals surface area contributed by atoms with E-state index in [1.54, 1.807) is 6.92 Å². The van der Waals surface area contributed by atoms with Gasteiger partial charge in [-0.1, -0.05) is 11.6 Å². The van der Waals surface area contributed by atoms with Crippen molar-refractivity contribution in [3.8, 4) is 5.75 Å². The van der Waals surface area contributed by atoms with Crippen molar-refractivity contribution in [2.24, 2.45) is 0 Å². The first-order valence-corrected chi connectivity index (χ1v) is 5.04. The molecule has 1 aromatic carbocycles. The lowest BCUT2D eigenvalue weighted by molar-refractivity contribution is -0.149. The topological polar surface area (TPSA) is 63.6 Å². The molecule has 5 heteroatoms. The highest BCUT2D eigenvalue weighted by Gasteiger charge is 2.15. The van der Waals surface area contributed by atoms with Crippen LogP contribution in [0.3, 0.4) is 0 Å². The quantitative estimate of drug-likeness (QED) is 0.500. The number of carbonyl (C=O) groups excluding carboxylic acids is 2. The highest BCUT2D eigenvalue weighted by atomic mass is 35.5. The summed E-state index contributed by atoms with van der Waals surface area (Å²) in [7, 11) is 0. The Morgan fingerprint density at radius 2 is 2.31 bits per heavy atom. The Balaban J connectivity index is 2.79. The van der Waals surface area contributed by atoms with Gasteiger partial charge >= 0.3 is 5.97 Å². The van der Waals surface area contributed by atoms with Gasteiger partial charge in [-0.2, -0.15) is 0 Å². The highest BCUT2D eigenvalue weighted by molar-refractivity contribution is 6.30. The maximum atomic E-state index is 11.1. The van der Waals surface area contributed by atoms with Gasteiger partial charge in [-0.05, 0) is 25.1 Å². The van der Waals surface area contributed by atoms with E-state index in [1.165, 1.54) is 18.2 Å². The van der Waals surface area contributed by atoms with Gasteiger partial charge in [0, 0.05) is 10.6 Å². The first-order chi connectivity index (χ1) is 7.54. The molecule has 0 aliphatic carbocycles. The van der Waals surface area contributed by atoms with E-state index in [9.17, 15) is 14.7 Å². The third kappa shape index (κ3) is 3.24. The summed E-state index contributed by atoms with van der Waals surface area (Å²) in [6.45, 7) is 1.59. The number of esters is 1. The number of hydrogen-bond donors (Lipinski definition) is 1. The smallest absolute Gasteiger partial charge is 0.313 e. The Morgan fingerprint density at radius 1 is 1.62 bits per heavy atom. The number of benzene rings is 1. The molecule has 0 radical (unpaired) electrons. The van der Waals surface area contributed by atoms with Crippen molar-refractivity contribution < 1.29 is 19.4 Å². The fourth-order valence-corrected chi connectivity index (χ4v) is 1.41. The van der Waals surface area contributed by atoms with Crippen LogP contribution in [-0.2, 0) is 14.3 Å². The molecular formula is C11H11ClO4. The molecule has 0 aromatic heterocycles. The molecule has 16 heavy (non-hydrogen) atoms. The summed E-state index contributed by atoms with van der Waals surface area (Å²) in [5.41, 5.74) is 0.409. The molecule has 0 amide bonds. The average molecular weight is 243 g/mol. The van der Waals surface area contributed by atoms with Crippen molar-refractivity contribution in [3.05, 3.63) is 28.8 Å². The van der Waals surface area contributed by atoms with E-state index >= 15 is 0 Å².